The number of thiophene rings is 1. The Labute approximate surface area is 159 Å². The summed E-state index contributed by atoms with van der Waals surface area (Å²) in [6.07, 6.45) is 0.603. The average molecular weight is 371 g/mol. The molecule has 0 unspecified atom stereocenters. The predicted molar refractivity (Wildman–Crippen MR) is 107 cm³/mol. The maximum Gasteiger partial charge on any atom is 0.223 e. The smallest absolute Gasteiger partial charge is 0.223 e. The van der Waals surface area contributed by atoms with Crippen LogP contribution < -0.4 is 4.90 Å². The van der Waals surface area contributed by atoms with Crippen molar-refractivity contribution in [3.8, 4) is 0 Å². The zero-order valence-corrected chi connectivity index (χ0v) is 16.6. The molecule has 1 aromatic heterocycles. The quantitative estimate of drug-likeness (QED) is 0.748. The summed E-state index contributed by atoms with van der Waals surface area (Å²) < 4.78 is 0. The molecule has 4 nitrogen and oxygen atoms in total. The van der Waals surface area contributed by atoms with Gasteiger partial charge in [-0.1, -0.05) is 12.1 Å². The highest BCUT2D eigenvalue weighted by atomic mass is 32.1. The monoisotopic (exact) mass is 370 g/mol. The molecular weight excluding hydrogens is 344 g/mol. The fourth-order valence-electron chi connectivity index (χ4n) is 3.46. The Morgan fingerprint density at radius 2 is 1.73 bits per heavy atom. The third-order valence-electron chi connectivity index (χ3n) is 4.91. The van der Waals surface area contributed by atoms with Gasteiger partial charge in [0.05, 0.1) is 0 Å². The van der Waals surface area contributed by atoms with E-state index in [-0.39, 0.29) is 11.7 Å². The number of anilines is 1. The molecule has 2 heterocycles. The first-order valence-electron chi connectivity index (χ1n) is 9.13. The van der Waals surface area contributed by atoms with E-state index in [0.717, 1.165) is 41.5 Å². The van der Waals surface area contributed by atoms with Crippen LogP contribution in [0, 0.1) is 20.8 Å². The molecule has 138 valence electrons. The summed E-state index contributed by atoms with van der Waals surface area (Å²) in [7, 11) is 0. The number of carbonyl (C=O) groups is 2. The van der Waals surface area contributed by atoms with Gasteiger partial charge in [0.25, 0.3) is 0 Å². The van der Waals surface area contributed by atoms with E-state index in [1.165, 1.54) is 11.3 Å². The molecule has 0 radical (unpaired) electrons. The van der Waals surface area contributed by atoms with Crippen LogP contribution in [0.5, 0.6) is 0 Å². The van der Waals surface area contributed by atoms with Crippen LogP contribution in [0.25, 0.3) is 0 Å². The Morgan fingerprint density at radius 3 is 2.35 bits per heavy atom. The third-order valence-corrected chi connectivity index (χ3v) is 5.87. The first-order chi connectivity index (χ1) is 12.4. The van der Waals surface area contributed by atoms with Crippen molar-refractivity contribution >= 4 is 28.7 Å². The van der Waals surface area contributed by atoms with Crippen molar-refractivity contribution in [2.24, 2.45) is 0 Å². The van der Waals surface area contributed by atoms with Gasteiger partial charge in [0.15, 0.2) is 5.78 Å². The third kappa shape index (κ3) is 4.33. The summed E-state index contributed by atoms with van der Waals surface area (Å²) >= 11 is 1.64. The molecule has 3 rings (SSSR count). The van der Waals surface area contributed by atoms with E-state index in [1.807, 2.05) is 24.8 Å². The highest BCUT2D eigenvalue weighted by Crippen LogP contribution is 2.23. The Balaban J connectivity index is 1.49. The van der Waals surface area contributed by atoms with E-state index in [2.05, 4.69) is 36.1 Å². The lowest BCUT2D eigenvalue weighted by Gasteiger charge is -2.36. The Hall–Kier alpha value is -2.14. The molecule has 5 heteroatoms. The Morgan fingerprint density at radius 1 is 1.00 bits per heavy atom. The standard InChI is InChI=1S/C21H26N2O2S/c1-15-5-4-6-18(13-15)22-9-11-23(12-10-22)21(25)8-7-20(24)19-14-16(2)26-17(19)3/h4-6,13-14H,7-12H2,1-3H3. The van der Waals surface area contributed by atoms with Crippen LogP contribution in [0.1, 0.15) is 38.5 Å². The predicted octanol–water partition coefficient (Wildman–Crippen LogP) is 3.99. The fourth-order valence-corrected chi connectivity index (χ4v) is 4.40. The first kappa shape index (κ1) is 18.6. The zero-order valence-electron chi connectivity index (χ0n) is 15.7. The Kier molecular flexibility index (Phi) is 5.77. The number of hydrogen-bond acceptors (Lipinski definition) is 4. The number of amides is 1. The summed E-state index contributed by atoms with van der Waals surface area (Å²) in [5, 5.41) is 0. The molecule has 1 amide bonds. The van der Waals surface area contributed by atoms with Crippen molar-refractivity contribution in [2.75, 3.05) is 31.1 Å². The summed E-state index contributed by atoms with van der Waals surface area (Å²) in [6.45, 7) is 9.19. The lowest BCUT2D eigenvalue weighted by atomic mass is 10.1. The number of aryl methyl sites for hydroxylation is 3. The molecule has 0 saturated carbocycles. The number of hydrogen-bond donors (Lipinski definition) is 0. The normalized spacial score (nSPS) is 14.6. The van der Waals surface area contributed by atoms with Crippen LogP contribution in [-0.4, -0.2) is 42.8 Å². The molecule has 0 aliphatic carbocycles. The molecule has 1 aliphatic heterocycles. The van der Waals surface area contributed by atoms with Crippen LogP contribution in [0.15, 0.2) is 30.3 Å². The zero-order chi connectivity index (χ0) is 18.7. The summed E-state index contributed by atoms with van der Waals surface area (Å²) in [6, 6.07) is 10.4. The molecule has 0 spiro atoms. The van der Waals surface area contributed by atoms with Crippen LogP contribution in [0.4, 0.5) is 5.69 Å². The fraction of sp³-hybridized carbons (Fsp3) is 0.429. The second kappa shape index (κ2) is 8.04. The number of Topliss-reactive ketones (excluding diaryl/α,β-unsaturated/α-hetero) is 1. The molecular formula is C21H26N2O2S. The van der Waals surface area contributed by atoms with Gasteiger partial charge >= 0.3 is 0 Å². The number of piperazine rings is 1. The summed E-state index contributed by atoms with van der Waals surface area (Å²) in [4.78, 5) is 31.2. The topological polar surface area (TPSA) is 40.6 Å². The molecule has 1 fully saturated rings. The molecule has 1 aromatic carbocycles. The van der Waals surface area contributed by atoms with Gasteiger partial charge in [-0.3, -0.25) is 9.59 Å². The van der Waals surface area contributed by atoms with E-state index in [4.69, 9.17) is 0 Å². The SMILES string of the molecule is Cc1cccc(N2CCN(C(=O)CCC(=O)c3cc(C)sc3C)CC2)c1. The lowest BCUT2D eigenvalue weighted by Crippen LogP contribution is -2.48. The van der Waals surface area contributed by atoms with Crippen LogP contribution in [-0.2, 0) is 4.79 Å². The van der Waals surface area contributed by atoms with Gasteiger partial charge in [-0.2, -0.15) is 0 Å². The minimum absolute atomic E-state index is 0.0820. The second-order valence-electron chi connectivity index (χ2n) is 6.96. The van der Waals surface area contributed by atoms with Gasteiger partial charge < -0.3 is 9.80 Å². The lowest BCUT2D eigenvalue weighted by molar-refractivity contribution is -0.131. The minimum atomic E-state index is 0.0820. The molecule has 0 N–H and O–H groups in total. The molecule has 26 heavy (non-hydrogen) atoms. The van der Waals surface area contributed by atoms with Gasteiger partial charge in [-0.05, 0) is 44.5 Å². The second-order valence-corrected chi connectivity index (χ2v) is 8.42. The van der Waals surface area contributed by atoms with E-state index >= 15 is 0 Å². The van der Waals surface area contributed by atoms with Crippen molar-refractivity contribution in [2.45, 2.75) is 33.6 Å². The highest BCUT2D eigenvalue weighted by molar-refractivity contribution is 7.12. The first-order valence-corrected chi connectivity index (χ1v) is 9.95. The number of benzene rings is 1. The van der Waals surface area contributed by atoms with Gasteiger partial charge in [-0.15, -0.1) is 11.3 Å². The molecule has 2 aromatic rings. The highest BCUT2D eigenvalue weighted by Gasteiger charge is 2.22. The van der Waals surface area contributed by atoms with Crippen molar-refractivity contribution in [1.82, 2.24) is 4.90 Å². The summed E-state index contributed by atoms with van der Waals surface area (Å²) in [5.74, 6) is 0.172. The van der Waals surface area contributed by atoms with Crippen molar-refractivity contribution in [3.05, 3.63) is 51.2 Å². The van der Waals surface area contributed by atoms with Crippen LogP contribution in [0.3, 0.4) is 0 Å². The van der Waals surface area contributed by atoms with Gasteiger partial charge in [0.1, 0.15) is 0 Å². The van der Waals surface area contributed by atoms with Gasteiger partial charge in [-0.25, -0.2) is 0 Å². The van der Waals surface area contributed by atoms with Crippen molar-refractivity contribution < 1.29 is 9.59 Å². The van der Waals surface area contributed by atoms with Crippen molar-refractivity contribution in [3.63, 3.8) is 0 Å². The number of carbonyl (C=O) groups excluding carboxylic acids is 2. The van der Waals surface area contributed by atoms with Crippen LogP contribution >= 0.6 is 11.3 Å². The summed E-state index contributed by atoms with van der Waals surface area (Å²) in [5.41, 5.74) is 3.25. The molecule has 1 aliphatic rings. The maximum absolute atomic E-state index is 12.5. The molecule has 0 atom stereocenters. The van der Waals surface area contributed by atoms with E-state index in [9.17, 15) is 9.59 Å². The average Bonchev–Trinajstić information content (AvgIpc) is 2.98. The number of ketones is 1. The van der Waals surface area contributed by atoms with Crippen molar-refractivity contribution in [1.29, 1.82) is 0 Å². The molecule has 0 bridgehead atoms. The molecule has 1 saturated heterocycles. The van der Waals surface area contributed by atoms with E-state index in [0.29, 0.717) is 12.8 Å². The van der Waals surface area contributed by atoms with Gasteiger partial charge in [0, 0.05) is 60.0 Å². The minimum Gasteiger partial charge on any atom is -0.368 e. The largest absolute Gasteiger partial charge is 0.368 e. The number of nitrogens with zero attached hydrogens (tertiary/aromatic N) is 2. The van der Waals surface area contributed by atoms with E-state index in [1.54, 1.807) is 11.3 Å². The number of rotatable bonds is 5. The maximum atomic E-state index is 12.5. The van der Waals surface area contributed by atoms with E-state index < -0.39 is 0 Å². The van der Waals surface area contributed by atoms with Gasteiger partial charge in [0.2, 0.25) is 5.91 Å². The Bertz CT molecular complexity index is 804. The van der Waals surface area contributed by atoms with Crippen LogP contribution in [0.2, 0.25) is 0 Å².